The summed E-state index contributed by atoms with van der Waals surface area (Å²) < 4.78 is 5.87. The predicted molar refractivity (Wildman–Crippen MR) is 66.5 cm³/mol. The lowest BCUT2D eigenvalue weighted by Gasteiger charge is -2.20. The standard InChI is InChI=1S/C13H27NO2/c1-10(2)7-11(15)8-14-9-12-5-6-13(3,4)16-12/h10-12,14-15H,5-9H2,1-4H3. The average molecular weight is 229 g/mol. The van der Waals surface area contributed by atoms with Crippen LogP contribution < -0.4 is 5.32 Å². The molecule has 1 aliphatic rings. The quantitative estimate of drug-likeness (QED) is 0.731. The van der Waals surface area contributed by atoms with Crippen LogP contribution in [0, 0.1) is 5.92 Å². The fourth-order valence-corrected chi connectivity index (χ4v) is 2.26. The van der Waals surface area contributed by atoms with E-state index in [4.69, 9.17) is 4.74 Å². The first-order chi connectivity index (χ1) is 7.39. The van der Waals surface area contributed by atoms with Crippen molar-refractivity contribution in [3.63, 3.8) is 0 Å². The van der Waals surface area contributed by atoms with Gasteiger partial charge in [-0.1, -0.05) is 13.8 Å². The van der Waals surface area contributed by atoms with Crippen molar-refractivity contribution >= 4 is 0 Å². The van der Waals surface area contributed by atoms with Crippen LogP contribution in [0.1, 0.15) is 47.0 Å². The largest absolute Gasteiger partial charge is 0.392 e. The molecular formula is C13H27NO2. The lowest BCUT2D eigenvalue weighted by Crippen LogP contribution is -2.34. The Morgan fingerprint density at radius 2 is 2.12 bits per heavy atom. The Hall–Kier alpha value is -0.120. The fourth-order valence-electron chi connectivity index (χ4n) is 2.26. The highest BCUT2D eigenvalue weighted by Crippen LogP contribution is 2.28. The third-order valence-electron chi connectivity index (χ3n) is 3.05. The van der Waals surface area contributed by atoms with Crippen LogP contribution in [0.4, 0.5) is 0 Å². The van der Waals surface area contributed by atoms with E-state index in [0.29, 0.717) is 18.6 Å². The van der Waals surface area contributed by atoms with Gasteiger partial charge < -0.3 is 15.2 Å². The van der Waals surface area contributed by atoms with Crippen LogP contribution in [-0.4, -0.2) is 36.0 Å². The fraction of sp³-hybridized carbons (Fsp3) is 1.00. The molecule has 2 atom stereocenters. The third kappa shape index (κ3) is 5.28. The lowest BCUT2D eigenvalue weighted by atomic mass is 10.1. The average Bonchev–Trinajstić information content (AvgIpc) is 2.44. The SMILES string of the molecule is CC(C)CC(O)CNCC1CCC(C)(C)O1. The van der Waals surface area contributed by atoms with Gasteiger partial charge in [-0.3, -0.25) is 0 Å². The van der Waals surface area contributed by atoms with Crippen LogP contribution in [-0.2, 0) is 4.74 Å². The van der Waals surface area contributed by atoms with Crippen LogP contribution in [0.5, 0.6) is 0 Å². The molecule has 96 valence electrons. The Balaban J connectivity index is 2.08. The second-order valence-electron chi connectivity index (χ2n) is 5.98. The first kappa shape index (κ1) is 13.9. The van der Waals surface area contributed by atoms with Crippen LogP contribution in [0.3, 0.4) is 0 Å². The minimum Gasteiger partial charge on any atom is -0.392 e. The number of aliphatic hydroxyl groups is 1. The molecule has 1 saturated heterocycles. The third-order valence-corrected chi connectivity index (χ3v) is 3.05. The van der Waals surface area contributed by atoms with Crippen LogP contribution in [0.2, 0.25) is 0 Å². The van der Waals surface area contributed by atoms with E-state index in [2.05, 4.69) is 33.0 Å². The highest BCUT2D eigenvalue weighted by atomic mass is 16.5. The zero-order chi connectivity index (χ0) is 12.2. The van der Waals surface area contributed by atoms with E-state index >= 15 is 0 Å². The monoisotopic (exact) mass is 229 g/mol. The molecule has 16 heavy (non-hydrogen) atoms. The van der Waals surface area contributed by atoms with E-state index in [1.54, 1.807) is 0 Å². The zero-order valence-corrected chi connectivity index (χ0v) is 11.1. The van der Waals surface area contributed by atoms with Gasteiger partial charge in [-0.15, -0.1) is 0 Å². The molecular weight excluding hydrogens is 202 g/mol. The Kier molecular flexibility index (Phi) is 5.22. The van der Waals surface area contributed by atoms with Gasteiger partial charge in [-0.2, -0.15) is 0 Å². The molecule has 0 saturated carbocycles. The smallest absolute Gasteiger partial charge is 0.0707 e. The van der Waals surface area contributed by atoms with E-state index in [9.17, 15) is 5.11 Å². The molecule has 3 nitrogen and oxygen atoms in total. The van der Waals surface area contributed by atoms with Crippen molar-refractivity contribution in [2.24, 2.45) is 5.92 Å². The predicted octanol–water partition coefficient (Wildman–Crippen LogP) is 1.94. The molecule has 0 amide bonds. The number of aliphatic hydroxyl groups excluding tert-OH is 1. The Bertz CT molecular complexity index is 204. The maximum atomic E-state index is 9.69. The van der Waals surface area contributed by atoms with E-state index in [1.807, 2.05) is 0 Å². The Labute approximate surface area is 99.6 Å². The van der Waals surface area contributed by atoms with Crippen molar-refractivity contribution in [3.05, 3.63) is 0 Å². The number of rotatable bonds is 6. The topological polar surface area (TPSA) is 41.5 Å². The zero-order valence-electron chi connectivity index (χ0n) is 11.1. The second-order valence-corrected chi connectivity index (χ2v) is 5.98. The first-order valence-electron chi connectivity index (χ1n) is 6.45. The highest BCUT2D eigenvalue weighted by Gasteiger charge is 2.31. The number of hydrogen-bond acceptors (Lipinski definition) is 3. The number of nitrogens with one attached hydrogen (secondary N) is 1. The summed E-state index contributed by atoms with van der Waals surface area (Å²) in [5, 5.41) is 13.0. The summed E-state index contributed by atoms with van der Waals surface area (Å²) in [5.74, 6) is 0.554. The Morgan fingerprint density at radius 1 is 1.44 bits per heavy atom. The lowest BCUT2D eigenvalue weighted by molar-refractivity contribution is -0.0151. The molecule has 1 heterocycles. The van der Waals surface area contributed by atoms with Gasteiger partial charge in [0, 0.05) is 13.1 Å². The van der Waals surface area contributed by atoms with Crippen molar-refractivity contribution in [2.75, 3.05) is 13.1 Å². The van der Waals surface area contributed by atoms with Gasteiger partial charge >= 0.3 is 0 Å². The summed E-state index contributed by atoms with van der Waals surface area (Å²) in [7, 11) is 0. The molecule has 0 bridgehead atoms. The molecule has 0 aromatic rings. The van der Waals surface area contributed by atoms with Gasteiger partial charge in [0.1, 0.15) is 0 Å². The molecule has 1 aliphatic heterocycles. The minimum absolute atomic E-state index is 0.0445. The highest BCUT2D eigenvalue weighted by molar-refractivity contribution is 4.82. The van der Waals surface area contributed by atoms with E-state index in [0.717, 1.165) is 25.8 Å². The van der Waals surface area contributed by atoms with Gasteiger partial charge in [0.15, 0.2) is 0 Å². The van der Waals surface area contributed by atoms with Crippen LogP contribution >= 0.6 is 0 Å². The molecule has 0 aliphatic carbocycles. The number of hydrogen-bond donors (Lipinski definition) is 2. The van der Waals surface area contributed by atoms with Crippen molar-refractivity contribution < 1.29 is 9.84 Å². The minimum atomic E-state index is -0.227. The van der Waals surface area contributed by atoms with Crippen molar-refractivity contribution in [1.29, 1.82) is 0 Å². The summed E-state index contributed by atoms with van der Waals surface area (Å²) in [4.78, 5) is 0. The van der Waals surface area contributed by atoms with E-state index in [1.165, 1.54) is 0 Å². The van der Waals surface area contributed by atoms with Gasteiger partial charge in [0.2, 0.25) is 0 Å². The molecule has 2 unspecified atom stereocenters. The molecule has 2 N–H and O–H groups in total. The summed E-state index contributed by atoms with van der Waals surface area (Å²) >= 11 is 0. The maximum Gasteiger partial charge on any atom is 0.0707 e. The Morgan fingerprint density at radius 3 is 2.62 bits per heavy atom. The van der Waals surface area contributed by atoms with E-state index in [-0.39, 0.29) is 11.7 Å². The first-order valence-corrected chi connectivity index (χ1v) is 6.45. The van der Waals surface area contributed by atoms with Crippen molar-refractivity contribution in [1.82, 2.24) is 5.32 Å². The molecule has 1 rings (SSSR count). The molecule has 0 aromatic heterocycles. The van der Waals surface area contributed by atoms with Gasteiger partial charge in [-0.05, 0) is 39.0 Å². The molecule has 3 heteroatoms. The molecule has 0 spiro atoms. The van der Waals surface area contributed by atoms with Gasteiger partial charge in [-0.25, -0.2) is 0 Å². The summed E-state index contributed by atoms with van der Waals surface area (Å²) in [5.41, 5.74) is 0.0445. The van der Waals surface area contributed by atoms with Gasteiger partial charge in [0.05, 0.1) is 17.8 Å². The molecule has 0 aromatic carbocycles. The van der Waals surface area contributed by atoms with Crippen LogP contribution in [0.25, 0.3) is 0 Å². The van der Waals surface area contributed by atoms with E-state index < -0.39 is 0 Å². The summed E-state index contributed by atoms with van der Waals surface area (Å²) in [6, 6.07) is 0. The maximum absolute atomic E-state index is 9.69. The second kappa shape index (κ2) is 5.99. The number of ether oxygens (including phenoxy) is 1. The summed E-state index contributed by atoms with van der Waals surface area (Å²) in [6.07, 6.45) is 3.22. The summed E-state index contributed by atoms with van der Waals surface area (Å²) in [6.45, 7) is 10.1. The normalized spacial score (nSPS) is 26.2. The van der Waals surface area contributed by atoms with Crippen molar-refractivity contribution in [2.45, 2.75) is 64.8 Å². The molecule has 0 radical (unpaired) electrons. The molecule has 1 fully saturated rings. The van der Waals surface area contributed by atoms with Crippen LogP contribution in [0.15, 0.2) is 0 Å². The van der Waals surface area contributed by atoms with Gasteiger partial charge in [0.25, 0.3) is 0 Å². The van der Waals surface area contributed by atoms with Crippen molar-refractivity contribution in [3.8, 4) is 0 Å².